The second-order valence-electron chi connectivity index (χ2n) is 4.93. The quantitative estimate of drug-likeness (QED) is 0.912. The zero-order chi connectivity index (χ0) is 14.7. The van der Waals surface area contributed by atoms with Gasteiger partial charge in [0.25, 0.3) is 0 Å². The van der Waals surface area contributed by atoms with Crippen LogP contribution in [0.25, 0.3) is 11.3 Å². The van der Waals surface area contributed by atoms with Crippen molar-refractivity contribution in [3.05, 3.63) is 54.2 Å². The number of hydrogen-bond acceptors (Lipinski definition) is 4. The van der Waals surface area contributed by atoms with E-state index in [0.29, 0.717) is 6.42 Å². The molecule has 2 unspecified atom stereocenters. The Hall–Kier alpha value is -1.85. The SMILES string of the molecule is O=C(O)C1CCSC(c2ccc(-c3ccccn3)cc2)N1. The number of carboxylic acids is 1. The summed E-state index contributed by atoms with van der Waals surface area (Å²) in [6, 6.07) is 13.5. The number of aromatic nitrogens is 1. The highest BCUT2D eigenvalue weighted by molar-refractivity contribution is 7.99. The van der Waals surface area contributed by atoms with Crippen LogP contribution in [0.5, 0.6) is 0 Å². The molecule has 1 aliphatic rings. The van der Waals surface area contributed by atoms with E-state index in [1.807, 2.05) is 42.5 Å². The number of benzene rings is 1. The molecule has 2 heterocycles. The van der Waals surface area contributed by atoms with Crippen molar-refractivity contribution in [3.63, 3.8) is 0 Å². The Labute approximate surface area is 127 Å². The summed E-state index contributed by atoms with van der Waals surface area (Å²) in [4.78, 5) is 15.4. The highest BCUT2D eigenvalue weighted by Gasteiger charge is 2.27. The summed E-state index contributed by atoms with van der Waals surface area (Å²) in [5, 5.41) is 12.3. The topological polar surface area (TPSA) is 62.2 Å². The number of thioether (sulfide) groups is 1. The van der Waals surface area contributed by atoms with E-state index in [2.05, 4.69) is 10.3 Å². The molecule has 1 fully saturated rings. The monoisotopic (exact) mass is 300 g/mol. The van der Waals surface area contributed by atoms with Gasteiger partial charge in [0.1, 0.15) is 6.04 Å². The van der Waals surface area contributed by atoms with E-state index in [1.165, 1.54) is 0 Å². The van der Waals surface area contributed by atoms with Crippen LogP contribution in [-0.2, 0) is 4.79 Å². The Balaban J connectivity index is 1.76. The fourth-order valence-corrected chi connectivity index (χ4v) is 3.58. The lowest BCUT2D eigenvalue weighted by Crippen LogP contribution is -2.41. The Morgan fingerprint density at radius 1 is 1.24 bits per heavy atom. The zero-order valence-corrected chi connectivity index (χ0v) is 12.2. The van der Waals surface area contributed by atoms with Crippen molar-refractivity contribution in [1.29, 1.82) is 0 Å². The minimum atomic E-state index is -0.773. The van der Waals surface area contributed by atoms with E-state index in [-0.39, 0.29) is 5.37 Å². The Kier molecular flexibility index (Phi) is 4.22. The fourth-order valence-electron chi connectivity index (χ4n) is 2.37. The number of rotatable bonds is 3. The van der Waals surface area contributed by atoms with Crippen LogP contribution in [0.2, 0.25) is 0 Å². The summed E-state index contributed by atoms with van der Waals surface area (Å²) in [7, 11) is 0. The van der Waals surface area contributed by atoms with Gasteiger partial charge in [-0.2, -0.15) is 0 Å². The van der Waals surface area contributed by atoms with E-state index in [0.717, 1.165) is 22.6 Å². The number of nitrogens with zero attached hydrogens (tertiary/aromatic N) is 1. The number of nitrogens with one attached hydrogen (secondary N) is 1. The minimum absolute atomic E-state index is 0.0395. The lowest BCUT2D eigenvalue weighted by atomic mass is 10.1. The zero-order valence-electron chi connectivity index (χ0n) is 11.4. The van der Waals surface area contributed by atoms with Gasteiger partial charge in [-0.15, -0.1) is 11.8 Å². The highest BCUT2D eigenvalue weighted by atomic mass is 32.2. The molecule has 0 amide bonds. The average Bonchev–Trinajstić information content (AvgIpc) is 2.56. The van der Waals surface area contributed by atoms with Crippen molar-refractivity contribution in [3.8, 4) is 11.3 Å². The smallest absolute Gasteiger partial charge is 0.320 e. The standard InChI is InChI=1S/C16H16N2O2S/c19-16(20)14-8-10-21-15(18-14)12-6-4-11(5-7-12)13-3-1-2-9-17-13/h1-7,9,14-15,18H,8,10H2,(H,19,20). The van der Waals surface area contributed by atoms with Crippen LogP contribution in [0.3, 0.4) is 0 Å². The van der Waals surface area contributed by atoms with Crippen LogP contribution in [0.4, 0.5) is 0 Å². The van der Waals surface area contributed by atoms with Crippen molar-refractivity contribution >= 4 is 17.7 Å². The molecule has 2 aromatic rings. The fraction of sp³-hybridized carbons (Fsp3) is 0.250. The van der Waals surface area contributed by atoms with E-state index in [9.17, 15) is 4.79 Å². The number of pyridine rings is 1. The normalized spacial score (nSPS) is 21.9. The van der Waals surface area contributed by atoms with Gasteiger partial charge in [-0.05, 0) is 29.9 Å². The largest absolute Gasteiger partial charge is 0.480 e. The minimum Gasteiger partial charge on any atom is -0.480 e. The molecular formula is C16H16N2O2S. The summed E-state index contributed by atoms with van der Waals surface area (Å²) in [5.41, 5.74) is 3.11. The number of aliphatic carboxylic acids is 1. The molecule has 2 N–H and O–H groups in total. The van der Waals surface area contributed by atoms with Crippen molar-refractivity contribution in [1.82, 2.24) is 10.3 Å². The lowest BCUT2D eigenvalue weighted by molar-refractivity contribution is -0.139. The van der Waals surface area contributed by atoms with Crippen molar-refractivity contribution < 1.29 is 9.90 Å². The molecule has 2 atom stereocenters. The molecule has 5 heteroatoms. The third-order valence-corrected chi connectivity index (χ3v) is 4.73. The molecule has 0 saturated carbocycles. The molecule has 1 aromatic carbocycles. The van der Waals surface area contributed by atoms with E-state index >= 15 is 0 Å². The van der Waals surface area contributed by atoms with Crippen LogP contribution in [0, 0.1) is 0 Å². The van der Waals surface area contributed by atoms with Crippen molar-refractivity contribution in [2.45, 2.75) is 17.8 Å². The van der Waals surface area contributed by atoms with E-state index in [4.69, 9.17) is 5.11 Å². The van der Waals surface area contributed by atoms with Gasteiger partial charge < -0.3 is 5.11 Å². The van der Waals surface area contributed by atoms with Crippen molar-refractivity contribution in [2.24, 2.45) is 0 Å². The molecule has 0 spiro atoms. The second-order valence-corrected chi connectivity index (χ2v) is 6.15. The van der Waals surface area contributed by atoms with Crippen LogP contribution in [0.15, 0.2) is 48.7 Å². The van der Waals surface area contributed by atoms with Gasteiger partial charge in [-0.1, -0.05) is 30.3 Å². The maximum Gasteiger partial charge on any atom is 0.320 e. The molecule has 0 aliphatic carbocycles. The highest BCUT2D eigenvalue weighted by Crippen LogP contribution is 2.32. The van der Waals surface area contributed by atoms with Crippen LogP contribution < -0.4 is 5.32 Å². The third-order valence-electron chi connectivity index (χ3n) is 3.52. The Morgan fingerprint density at radius 2 is 2.05 bits per heavy atom. The first-order chi connectivity index (χ1) is 10.2. The van der Waals surface area contributed by atoms with E-state index < -0.39 is 12.0 Å². The van der Waals surface area contributed by atoms with Gasteiger partial charge in [0.05, 0.1) is 11.1 Å². The summed E-state index contributed by atoms with van der Waals surface area (Å²) in [6.07, 6.45) is 2.45. The number of carboxylic acid groups (broad SMARTS) is 1. The first-order valence-electron chi connectivity index (χ1n) is 6.86. The molecule has 0 bridgehead atoms. The molecule has 4 nitrogen and oxygen atoms in total. The summed E-state index contributed by atoms with van der Waals surface area (Å²) in [5.74, 6) is 0.0850. The maximum atomic E-state index is 11.1. The van der Waals surface area contributed by atoms with Gasteiger partial charge in [0.2, 0.25) is 0 Å². The van der Waals surface area contributed by atoms with Gasteiger partial charge in [0.15, 0.2) is 0 Å². The first kappa shape index (κ1) is 14.1. The predicted molar refractivity (Wildman–Crippen MR) is 84.0 cm³/mol. The summed E-state index contributed by atoms with van der Waals surface area (Å²) >= 11 is 1.75. The van der Waals surface area contributed by atoms with E-state index in [1.54, 1.807) is 18.0 Å². The van der Waals surface area contributed by atoms with Crippen molar-refractivity contribution in [2.75, 3.05) is 5.75 Å². The third kappa shape index (κ3) is 3.25. The molecule has 108 valence electrons. The van der Waals surface area contributed by atoms with Gasteiger partial charge in [-0.25, -0.2) is 0 Å². The number of carbonyl (C=O) groups is 1. The second kappa shape index (κ2) is 6.28. The average molecular weight is 300 g/mol. The molecule has 21 heavy (non-hydrogen) atoms. The molecule has 1 aliphatic heterocycles. The summed E-state index contributed by atoms with van der Waals surface area (Å²) < 4.78 is 0. The maximum absolute atomic E-state index is 11.1. The van der Waals surface area contributed by atoms with Crippen LogP contribution >= 0.6 is 11.8 Å². The van der Waals surface area contributed by atoms with Gasteiger partial charge in [0, 0.05) is 11.8 Å². The Bertz CT molecular complexity index is 616. The molecule has 0 radical (unpaired) electrons. The van der Waals surface area contributed by atoms with Crippen LogP contribution in [-0.4, -0.2) is 27.9 Å². The lowest BCUT2D eigenvalue weighted by Gasteiger charge is -2.28. The summed E-state index contributed by atoms with van der Waals surface area (Å²) in [6.45, 7) is 0. The molecule has 3 rings (SSSR count). The first-order valence-corrected chi connectivity index (χ1v) is 7.91. The number of hydrogen-bond donors (Lipinski definition) is 2. The predicted octanol–water partition coefficient (Wildman–Crippen LogP) is 2.93. The Morgan fingerprint density at radius 3 is 2.71 bits per heavy atom. The molecule has 1 aromatic heterocycles. The van der Waals surface area contributed by atoms with Gasteiger partial charge in [-0.3, -0.25) is 15.1 Å². The van der Waals surface area contributed by atoms with Crippen LogP contribution in [0.1, 0.15) is 17.4 Å². The molecular weight excluding hydrogens is 284 g/mol. The van der Waals surface area contributed by atoms with Gasteiger partial charge >= 0.3 is 5.97 Å². The molecule has 1 saturated heterocycles.